The molecule has 31 heavy (non-hydrogen) atoms. The summed E-state index contributed by atoms with van der Waals surface area (Å²) in [5, 5.41) is 2.28. The number of nitrogens with zero attached hydrogens (tertiary/aromatic N) is 1. The van der Waals surface area contributed by atoms with Gasteiger partial charge >= 0.3 is 18.4 Å². The number of rotatable bonds is 5. The monoisotopic (exact) mass is 450 g/mol. The number of alkyl halides is 6. The summed E-state index contributed by atoms with van der Waals surface area (Å²) < 4.78 is 83.3. The van der Waals surface area contributed by atoms with Crippen LogP contribution < -0.4 is 14.9 Å². The minimum Gasteiger partial charge on any atom is -0.497 e. The van der Waals surface area contributed by atoms with Gasteiger partial charge in [0, 0.05) is 6.92 Å². The molecule has 0 saturated carbocycles. The van der Waals surface area contributed by atoms with Crippen LogP contribution >= 0.6 is 0 Å². The van der Waals surface area contributed by atoms with Crippen molar-refractivity contribution in [2.45, 2.75) is 25.8 Å². The summed E-state index contributed by atoms with van der Waals surface area (Å²) >= 11 is 0. The Labute approximate surface area is 172 Å². The molecule has 0 unspecified atom stereocenters. The second kappa shape index (κ2) is 9.14. The molecule has 0 aliphatic heterocycles. The number of hydrogen-bond acceptors (Lipinski definition) is 4. The summed E-state index contributed by atoms with van der Waals surface area (Å²) in [6, 6.07) is 5.39. The van der Waals surface area contributed by atoms with E-state index in [1.807, 2.05) is 5.32 Å². The molecule has 0 aromatic heterocycles. The van der Waals surface area contributed by atoms with Gasteiger partial charge in [-0.1, -0.05) is 12.1 Å². The Morgan fingerprint density at radius 2 is 1.42 bits per heavy atom. The van der Waals surface area contributed by atoms with Gasteiger partial charge in [-0.3, -0.25) is 10.1 Å². The van der Waals surface area contributed by atoms with Gasteiger partial charge in [-0.15, -0.1) is 0 Å². The normalized spacial score (nSPS) is 11.6. The highest BCUT2D eigenvalue weighted by Crippen LogP contribution is 2.38. The van der Waals surface area contributed by atoms with Gasteiger partial charge in [0.2, 0.25) is 5.91 Å². The van der Waals surface area contributed by atoms with Gasteiger partial charge in [-0.25, -0.2) is 4.79 Å². The molecule has 6 nitrogen and oxygen atoms in total. The smallest absolute Gasteiger partial charge is 0.416 e. The molecular formula is C19H16F6N2O4. The summed E-state index contributed by atoms with van der Waals surface area (Å²) in [5.74, 6) is -1.24. The minimum atomic E-state index is -5.10. The molecule has 2 rings (SSSR count). The maximum atomic E-state index is 13.1. The van der Waals surface area contributed by atoms with Gasteiger partial charge in [0.15, 0.2) is 5.75 Å². The highest BCUT2D eigenvalue weighted by molar-refractivity contribution is 5.92. The maximum Gasteiger partial charge on any atom is 0.416 e. The molecule has 0 atom stereocenters. The van der Waals surface area contributed by atoms with Crippen molar-refractivity contribution in [3.8, 4) is 11.5 Å². The zero-order valence-electron chi connectivity index (χ0n) is 16.1. The number of carbonyl (C=O) groups excluding carboxylic acids is 2. The number of halogens is 6. The van der Waals surface area contributed by atoms with Gasteiger partial charge in [0.25, 0.3) is 0 Å². The standard InChI is InChI=1S/C19H16F6N2O4/c1-11(28)26-17(29)27(10-12-3-5-15(30-2)6-4-12)31-16-8-13(18(20,21)22)7-14(9-16)19(23,24)25/h3-9H,10H2,1-2H3,(H,26,28,29). The number of amides is 3. The number of nitrogens with one attached hydrogen (secondary N) is 1. The molecule has 0 saturated heterocycles. The fourth-order valence-corrected chi connectivity index (χ4v) is 2.36. The van der Waals surface area contributed by atoms with Gasteiger partial charge in [0.05, 0.1) is 24.8 Å². The second-order valence-electron chi connectivity index (χ2n) is 6.20. The van der Waals surface area contributed by atoms with Crippen molar-refractivity contribution in [1.29, 1.82) is 0 Å². The SMILES string of the molecule is COc1ccc(CN(Oc2cc(C(F)(F)F)cc(C(F)(F)F)c2)C(=O)NC(C)=O)cc1. The van der Waals surface area contributed by atoms with Crippen LogP contribution in [0.1, 0.15) is 23.6 Å². The van der Waals surface area contributed by atoms with Crippen molar-refractivity contribution in [1.82, 2.24) is 10.4 Å². The number of urea groups is 1. The molecule has 0 fully saturated rings. The predicted octanol–water partition coefficient (Wildman–Crippen LogP) is 4.78. The highest BCUT2D eigenvalue weighted by atomic mass is 19.4. The first-order valence-electron chi connectivity index (χ1n) is 8.49. The second-order valence-corrected chi connectivity index (χ2v) is 6.20. The third-order valence-electron chi connectivity index (χ3n) is 3.77. The molecule has 0 aliphatic rings. The Morgan fingerprint density at radius 3 is 1.84 bits per heavy atom. The fourth-order valence-electron chi connectivity index (χ4n) is 2.36. The number of hydroxylamine groups is 2. The summed E-state index contributed by atoms with van der Waals surface area (Å²) in [6.45, 7) is 0.593. The zero-order valence-corrected chi connectivity index (χ0v) is 16.1. The first-order valence-corrected chi connectivity index (χ1v) is 8.49. The lowest BCUT2D eigenvalue weighted by molar-refractivity contribution is -0.143. The summed E-state index contributed by atoms with van der Waals surface area (Å²) in [6.07, 6.45) is -10.2. The number of methoxy groups -OCH3 is 1. The quantitative estimate of drug-likeness (QED) is 0.526. The van der Waals surface area contributed by atoms with Crippen LogP contribution in [-0.4, -0.2) is 24.1 Å². The van der Waals surface area contributed by atoms with E-state index < -0.39 is 47.7 Å². The van der Waals surface area contributed by atoms with Gasteiger partial charge in [0.1, 0.15) is 5.75 Å². The van der Waals surface area contributed by atoms with Crippen LogP contribution in [0.15, 0.2) is 42.5 Å². The Morgan fingerprint density at radius 1 is 0.903 bits per heavy atom. The van der Waals surface area contributed by atoms with E-state index in [2.05, 4.69) is 0 Å². The third-order valence-corrected chi connectivity index (χ3v) is 3.77. The van der Waals surface area contributed by atoms with Crippen molar-refractivity contribution in [3.05, 3.63) is 59.2 Å². The number of imide groups is 1. The average Bonchev–Trinajstić information content (AvgIpc) is 2.66. The van der Waals surface area contributed by atoms with Crippen LogP contribution in [0.3, 0.4) is 0 Å². The van der Waals surface area contributed by atoms with E-state index in [-0.39, 0.29) is 6.07 Å². The van der Waals surface area contributed by atoms with E-state index in [0.29, 0.717) is 28.5 Å². The Balaban J connectivity index is 2.42. The number of ether oxygens (including phenoxy) is 1. The Bertz CT molecular complexity index is 910. The minimum absolute atomic E-state index is 0.0731. The van der Waals surface area contributed by atoms with Gasteiger partial charge in [-0.2, -0.15) is 31.4 Å². The van der Waals surface area contributed by atoms with Crippen LogP contribution in [0.5, 0.6) is 11.5 Å². The molecule has 3 amide bonds. The average molecular weight is 450 g/mol. The number of carbonyl (C=O) groups is 2. The highest BCUT2D eigenvalue weighted by Gasteiger charge is 2.37. The molecule has 0 radical (unpaired) electrons. The van der Waals surface area contributed by atoms with Crippen molar-refractivity contribution >= 4 is 11.9 Å². The summed E-state index contributed by atoms with van der Waals surface area (Å²) in [7, 11) is 1.41. The molecule has 12 heteroatoms. The van der Waals surface area contributed by atoms with Crippen LogP contribution in [0, 0.1) is 0 Å². The Kier molecular flexibility index (Phi) is 7.03. The first-order chi connectivity index (χ1) is 14.3. The molecule has 0 spiro atoms. The van der Waals surface area contributed by atoms with Crippen molar-refractivity contribution in [2.75, 3.05) is 7.11 Å². The summed E-state index contributed by atoms with van der Waals surface area (Å²) in [4.78, 5) is 28.5. The maximum absolute atomic E-state index is 13.1. The number of hydrogen-bond donors (Lipinski definition) is 1. The van der Waals surface area contributed by atoms with Crippen molar-refractivity contribution in [3.63, 3.8) is 0 Å². The zero-order chi connectivity index (χ0) is 23.4. The summed E-state index contributed by atoms with van der Waals surface area (Å²) in [5.41, 5.74) is -2.84. The predicted molar refractivity (Wildman–Crippen MR) is 94.8 cm³/mol. The molecule has 0 heterocycles. The van der Waals surface area contributed by atoms with Crippen LogP contribution in [0.25, 0.3) is 0 Å². The lowest BCUT2D eigenvalue weighted by atomic mass is 10.1. The molecule has 168 valence electrons. The lowest BCUT2D eigenvalue weighted by Crippen LogP contribution is -2.43. The van der Waals surface area contributed by atoms with E-state index in [1.165, 1.54) is 31.4 Å². The van der Waals surface area contributed by atoms with E-state index in [9.17, 15) is 35.9 Å². The molecule has 1 N–H and O–H groups in total. The molecule has 0 bridgehead atoms. The molecule has 0 aliphatic carbocycles. The van der Waals surface area contributed by atoms with Crippen LogP contribution in [0.4, 0.5) is 31.1 Å². The van der Waals surface area contributed by atoms with Crippen LogP contribution in [-0.2, 0) is 23.7 Å². The topological polar surface area (TPSA) is 67.9 Å². The van der Waals surface area contributed by atoms with E-state index in [1.54, 1.807) is 0 Å². The van der Waals surface area contributed by atoms with Crippen molar-refractivity contribution in [2.24, 2.45) is 0 Å². The van der Waals surface area contributed by atoms with Crippen LogP contribution in [0.2, 0.25) is 0 Å². The third kappa shape index (κ3) is 6.79. The van der Waals surface area contributed by atoms with E-state index in [4.69, 9.17) is 9.57 Å². The largest absolute Gasteiger partial charge is 0.497 e. The fraction of sp³-hybridized carbons (Fsp3) is 0.263. The first kappa shape index (κ1) is 23.8. The molecule has 2 aromatic rings. The van der Waals surface area contributed by atoms with Gasteiger partial charge < -0.3 is 9.57 Å². The molecule has 2 aromatic carbocycles. The van der Waals surface area contributed by atoms with Gasteiger partial charge in [-0.05, 0) is 35.9 Å². The van der Waals surface area contributed by atoms with E-state index >= 15 is 0 Å². The van der Waals surface area contributed by atoms with Crippen molar-refractivity contribution < 1.29 is 45.5 Å². The molecular weight excluding hydrogens is 434 g/mol. The van der Waals surface area contributed by atoms with E-state index in [0.717, 1.165) is 6.92 Å². The lowest BCUT2D eigenvalue weighted by Gasteiger charge is -2.23. The number of benzene rings is 2. The Hall–Kier alpha value is -3.44.